The van der Waals surface area contributed by atoms with E-state index in [4.69, 9.17) is 23.2 Å². The van der Waals surface area contributed by atoms with Crippen LogP contribution in [0.3, 0.4) is 0 Å². The molecule has 116 valence electrons. The van der Waals surface area contributed by atoms with Gasteiger partial charge in [0.15, 0.2) is 5.82 Å². The highest BCUT2D eigenvalue weighted by Gasteiger charge is 2.30. The number of carbonyl (C=O) groups excluding carboxylic acids is 1. The van der Waals surface area contributed by atoms with Crippen LogP contribution in [0.4, 0.5) is 5.82 Å². The maximum Gasteiger partial charge on any atom is 0.243 e. The molecule has 2 heterocycles. The molecule has 7 heteroatoms. The molecular formula is C16H12Cl2N4O. The molecule has 0 spiro atoms. The Hall–Kier alpha value is -2.29. The number of carbonyl (C=O) groups is 1. The van der Waals surface area contributed by atoms with E-state index in [1.54, 1.807) is 16.8 Å². The molecular weight excluding hydrogens is 335 g/mol. The average molecular weight is 347 g/mol. The minimum Gasteiger partial charge on any atom is -0.290 e. The van der Waals surface area contributed by atoms with Crippen molar-refractivity contribution in [1.82, 2.24) is 9.78 Å². The molecule has 2 aromatic rings. The number of aromatic nitrogens is 2. The van der Waals surface area contributed by atoms with Gasteiger partial charge in [-0.05, 0) is 24.6 Å². The Morgan fingerprint density at radius 2 is 2.09 bits per heavy atom. The normalized spacial score (nSPS) is 13.7. The molecule has 0 N–H and O–H groups in total. The highest BCUT2D eigenvalue weighted by Crippen LogP contribution is 2.34. The van der Waals surface area contributed by atoms with Crippen LogP contribution in [0.1, 0.15) is 18.1 Å². The van der Waals surface area contributed by atoms with E-state index >= 15 is 0 Å². The molecule has 1 aliphatic rings. The molecule has 1 aromatic heterocycles. The van der Waals surface area contributed by atoms with E-state index < -0.39 is 0 Å². The van der Waals surface area contributed by atoms with Crippen LogP contribution in [-0.2, 0) is 4.79 Å². The number of hydrogen-bond acceptors (Lipinski definition) is 3. The molecule has 0 atom stereocenters. The summed E-state index contributed by atoms with van der Waals surface area (Å²) in [7, 11) is 0. The number of amides is 1. The Balaban J connectivity index is 2.20. The Bertz CT molecular complexity index is 846. The number of anilines is 1. The Morgan fingerprint density at radius 3 is 2.70 bits per heavy atom. The van der Waals surface area contributed by atoms with Crippen LogP contribution in [0.5, 0.6) is 0 Å². The van der Waals surface area contributed by atoms with E-state index in [0.717, 1.165) is 16.8 Å². The van der Waals surface area contributed by atoms with E-state index in [-0.39, 0.29) is 11.8 Å². The summed E-state index contributed by atoms with van der Waals surface area (Å²) >= 11 is 11.6. The molecule has 23 heavy (non-hydrogen) atoms. The number of halogens is 2. The van der Waals surface area contributed by atoms with Crippen molar-refractivity contribution in [2.75, 3.05) is 17.3 Å². The molecule has 1 aromatic carbocycles. The Labute approximate surface area is 143 Å². The summed E-state index contributed by atoms with van der Waals surface area (Å²) in [6.45, 7) is 2.29. The quantitative estimate of drug-likeness (QED) is 0.784. The van der Waals surface area contributed by atoms with Crippen molar-refractivity contribution in [3.8, 4) is 6.07 Å². The summed E-state index contributed by atoms with van der Waals surface area (Å²) in [5.74, 6) is 0.0349. The zero-order chi connectivity index (χ0) is 16.6. The first-order chi connectivity index (χ1) is 11.1. The third-order valence-corrected chi connectivity index (χ3v) is 4.14. The van der Waals surface area contributed by atoms with Gasteiger partial charge >= 0.3 is 0 Å². The SMILES string of the molecule is CC1=C(c2ccc(Cl)cc2)n2ncc(C#N)c2N(C(=O)CCl)C1. The topological polar surface area (TPSA) is 61.9 Å². The van der Waals surface area contributed by atoms with Gasteiger partial charge in [-0.15, -0.1) is 11.6 Å². The fourth-order valence-corrected chi connectivity index (χ4v) is 2.94. The predicted octanol–water partition coefficient (Wildman–Crippen LogP) is 3.27. The van der Waals surface area contributed by atoms with Gasteiger partial charge in [0, 0.05) is 10.6 Å². The standard InChI is InChI=1S/C16H12Cl2N4O/c1-10-9-21(14(23)6-17)16-12(7-19)8-20-22(16)15(10)11-2-4-13(18)5-3-11/h2-5,8H,6,9H2,1H3. The van der Waals surface area contributed by atoms with Crippen LogP contribution in [0, 0.1) is 11.3 Å². The summed E-state index contributed by atoms with van der Waals surface area (Å²) < 4.78 is 1.62. The van der Waals surface area contributed by atoms with Crippen molar-refractivity contribution < 1.29 is 4.79 Å². The molecule has 0 aliphatic carbocycles. The van der Waals surface area contributed by atoms with Gasteiger partial charge in [-0.1, -0.05) is 23.7 Å². The van der Waals surface area contributed by atoms with Crippen LogP contribution < -0.4 is 4.90 Å². The van der Waals surface area contributed by atoms with Crippen LogP contribution in [0.15, 0.2) is 36.0 Å². The molecule has 0 unspecified atom stereocenters. The molecule has 0 fully saturated rings. The second-order valence-corrected chi connectivity index (χ2v) is 5.86. The van der Waals surface area contributed by atoms with Crippen molar-refractivity contribution in [3.63, 3.8) is 0 Å². The van der Waals surface area contributed by atoms with Crippen LogP contribution in [0.25, 0.3) is 5.70 Å². The van der Waals surface area contributed by atoms with Gasteiger partial charge in [-0.3, -0.25) is 9.69 Å². The first-order valence-electron chi connectivity index (χ1n) is 6.87. The van der Waals surface area contributed by atoms with Crippen molar-refractivity contribution in [1.29, 1.82) is 5.26 Å². The summed E-state index contributed by atoms with van der Waals surface area (Å²) in [6.07, 6.45) is 1.46. The Morgan fingerprint density at radius 1 is 1.39 bits per heavy atom. The third-order valence-electron chi connectivity index (χ3n) is 3.66. The lowest BCUT2D eigenvalue weighted by atomic mass is 10.0. The number of benzene rings is 1. The van der Waals surface area contributed by atoms with Crippen molar-refractivity contribution >= 4 is 40.6 Å². The van der Waals surface area contributed by atoms with Crippen LogP contribution >= 0.6 is 23.2 Å². The van der Waals surface area contributed by atoms with Crippen LogP contribution in [-0.4, -0.2) is 28.1 Å². The van der Waals surface area contributed by atoms with E-state index in [9.17, 15) is 10.1 Å². The smallest absolute Gasteiger partial charge is 0.243 e. The maximum atomic E-state index is 12.1. The number of nitrogens with zero attached hydrogens (tertiary/aromatic N) is 4. The van der Waals surface area contributed by atoms with E-state index in [1.807, 2.05) is 19.1 Å². The summed E-state index contributed by atoms with van der Waals surface area (Å²) in [5.41, 5.74) is 3.05. The van der Waals surface area contributed by atoms with Crippen molar-refractivity contribution in [2.45, 2.75) is 6.92 Å². The lowest BCUT2D eigenvalue weighted by molar-refractivity contribution is -0.116. The first kappa shape index (κ1) is 15.6. The van der Waals surface area contributed by atoms with Crippen LogP contribution in [0.2, 0.25) is 5.02 Å². The second-order valence-electron chi connectivity index (χ2n) is 5.15. The van der Waals surface area contributed by atoms with Gasteiger partial charge < -0.3 is 0 Å². The number of alkyl halides is 1. The van der Waals surface area contributed by atoms with Gasteiger partial charge in [0.2, 0.25) is 5.91 Å². The van der Waals surface area contributed by atoms with E-state index in [1.165, 1.54) is 11.1 Å². The fourth-order valence-electron chi connectivity index (χ4n) is 2.67. The highest BCUT2D eigenvalue weighted by atomic mass is 35.5. The first-order valence-corrected chi connectivity index (χ1v) is 7.78. The molecule has 0 saturated heterocycles. The third kappa shape index (κ3) is 2.61. The number of hydrogen-bond donors (Lipinski definition) is 0. The molecule has 0 radical (unpaired) electrons. The maximum absolute atomic E-state index is 12.1. The molecule has 1 aliphatic heterocycles. The summed E-state index contributed by atoms with van der Waals surface area (Å²) in [4.78, 5) is 13.6. The van der Waals surface area contributed by atoms with E-state index in [0.29, 0.717) is 22.9 Å². The van der Waals surface area contributed by atoms with Crippen molar-refractivity contribution in [2.24, 2.45) is 0 Å². The monoisotopic (exact) mass is 346 g/mol. The molecule has 0 saturated carbocycles. The average Bonchev–Trinajstić information content (AvgIpc) is 2.98. The number of rotatable bonds is 2. The van der Waals surface area contributed by atoms with E-state index in [2.05, 4.69) is 11.2 Å². The lowest BCUT2D eigenvalue weighted by Crippen LogP contribution is -2.38. The van der Waals surface area contributed by atoms with Gasteiger partial charge in [0.05, 0.1) is 18.4 Å². The lowest BCUT2D eigenvalue weighted by Gasteiger charge is -2.30. The summed E-state index contributed by atoms with van der Waals surface area (Å²) in [6, 6.07) is 9.44. The molecule has 3 rings (SSSR count). The molecule has 1 amide bonds. The molecule has 0 bridgehead atoms. The minimum absolute atomic E-state index is 0.153. The summed E-state index contributed by atoms with van der Waals surface area (Å²) in [5, 5.41) is 14.2. The largest absolute Gasteiger partial charge is 0.290 e. The van der Waals surface area contributed by atoms with Gasteiger partial charge in [0.25, 0.3) is 0 Å². The van der Waals surface area contributed by atoms with Crippen molar-refractivity contribution in [3.05, 3.63) is 52.2 Å². The number of fused-ring (bicyclic) bond motifs is 1. The second kappa shape index (κ2) is 6.07. The molecule has 5 nitrogen and oxygen atoms in total. The fraction of sp³-hybridized carbons (Fsp3) is 0.188. The zero-order valence-electron chi connectivity index (χ0n) is 12.3. The highest BCUT2D eigenvalue weighted by molar-refractivity contribution is 6.30. The Kier molecular flexibility index (Phi) is 4.12. The predicted molar refractivity (Wildman–Crippen MR) is 89.5 cm³/mol. The zero-order valence-corrected chi connectivity index (χ0v) is 13.8. The van der Waals surface area contributed by atoms with Gasteiger partial charge in [-0.25, -0.2) is 4.68 Å². The van der Waals surface area contributed by atoms with Gasteiger partial charge in [-0.2, -0.15) is 10.4 Å². The van der Waals surface area contributed by atoms with Gasteiger partial charge in [0.1, 0.15) is 17.5 Å². The minimum atomic E-state index is -0.264. The number of nitriles is 1.